The highest BCUT2D eigenvalue weighted by molar-refractivity contribution is 6.00. The summed E-state index contributed by atoms with van der Waals surface area (Å²) in [5, 5.41) is 2.99. The minimum atomic E-state index is -0.383. The molecular weight excluding hydrogens is 348 g/mol. The Kier molecular flexibility index (Phi) is 4.54. The molecule has 0 radical (unpaired) electrons. The number of benzene rings is 2. The molecule has 0 bridgehead atoms. The highest BCUT2D eigenvalue weighted by Crippen LogP contribution is 2.36. The van der Waals surface area contributed by atoms with Crippen molar-refractivity contribution in [3.63, 3.8) is 0 Å². The summed E-state index contributed by atoms with van der Waals surface area (Å²) >= 11 is 0. The van der Waals surface area contributed by atoms with Crippen molar-refractivity contribution in [1.82, 2.24) is 9.88 Å². The van der Waals surface area contributed by atoms with E-state index in [0.717, 1.165) is 0 Å². The van der Waals surface area contributed by atoms with Crippen molar-refractivity contribution >= 4 is 17.4 Å². The first-order chi connectivity index (χ1) is 13.1. The molecule has 1 fully saturated rings. The molecule has 4 nitrogen and oxygen atoms in total. The van der Waals surface area contributed by atoms with Crippen LogP contribution < -0.4 is 5.32 Å². The Morgan fingerprint density at radius 1 is 1.07 bits per heavy atom. The van der Waals surface area contributed by atoms with Gasteiger partial charge in [0.05, 0.1) is 11.6 Å². The van der Waals surface area contributed by atoms with Gasteiger partial charge in [0.25, 0.3) is 5.91 Å². The standard InChI is InChI=1S/C21H17F2N3O/c22-14-5-3-6-15(13-14)25-20-17(8-4-11-24-20)21(27)26-12-10-19(26)16-7-1-2-9-18(16)23/h1-9,11,13,19H,10,12H2,(H,24,25)/t19-/m0/s1. The van der Waals surface area contributed by atoms with Crippen LogP contribution in [0.2, 0.25) is 0 Å². The summed E-state index contributed by atoms with van der Waals surface area (Å²) in [5.74, 6) is -0.593. The summed E-state index contributed by atoms with van der Waals surface area (Å²) in [5.41, 5.74) is 1.38. The van der Waals surface area contributed by atoms with Gasteiger partial charge in [-0.25, -0.2) is 13.8 Å². The molecule has 0 aliphatic carbocycles. The second-order valence-corrected chi connectivity index (χ2v) is 6.36. The number of pyridine rings is 1. The Morgan fingerprint density at radius 3 is 2.67 bits per heavy atom. The number of carbonyl (C=O) groups excluding carboxylic acids is 1. The molecule has 1 atom stereocenters. The van der Waals surface area contributed by atoms with Gasteiger partial charge >= 0.3 is 0 Å². The quantitative estimate of drug-likeness (QED) is 0.729. The van der Waals surface area contributed by atoms with Gasteiger partial charge in [0.2, 0.25) is 0 Å². The number of nitrogens with zero attached hydrogens (tertiary/aromatic N) is 2. The fraction of sp³-hybridized carbons (Fsp3) is 0.143. The van der Waals surface area contributed by atoms with Crippen molar-refractivity contribution in [2.75, 3.05) is 11.9 Å². The molecule has 1 aliphatic rings. The zero-order chi connectivity index (χ0) is 18.8. The second-order valence-electron chi connectivity index (χ2n) is 6.36. The lowest BCUT2D eigenvalue weighted by Crippen LogP contribution is -2.45. The van der Waals surface area contributed by atoms with E-state index in [1.54, 1.807) is 53.6 Å². The largest absolute Gasteiger partial charge is 0.339 e. The third kappa shape index (κ3) is 3.38. The minimum Gasteiger partial charge on any atom is -0.339 e. The zero-order valence-electron chi connectivity index (χ0n) is 14.4. The molecular formula is C21H17F2N3O. The molecule has 136 valence electrons. The number of rotatable bonds is 4. The van der Waals surface area contributed by atoms with Gasteiger partial charge in [0, 0.05) is 24.0 Å². The number of aromatic nitrogens is 1. The first-order valence-electron chi connectivity index (χ1n) is 8.66. The van der Waals surface area contributed by atoms with E-state index in [1.807, 2.05) is 0 Å². The molecule has 0 spiro atoms. The topological polar surface area (TPSA) is 45.2 Å². The molecule has 27 heavy (non-hydrogen) atoms. The van der Waals surface area contributed by atoms with Crippen LogP contribution in [0.5, 0.6) is 0 Å². The molecule has 0 unspecified atom stereocenters. The van der Waals surface area contributed by atoms with Crippen molar-refractivity contribution in [2.24, 2.45) is 0 Å². The summed E-state index contributed by atoms with van der Waals surface area (Å²) in [6.07, 6.45) is 2.27. The van der Waals surface area contributed by atoms with Crippen LogP contribution in [-0.4, -0.2) is 22.3 Å². The lowest BCUT2D eigenvalue weighted by atomic mass is 9.93. The summed E-state index contributed by atoms with van der Waals surface area (Å²) in [6.45, 7) is 0.548. The molecule has 2 heterocycles. The van der Waals surface area contributed by atoms with Crippen LogP contribution in [0.25, 0.3) is 0 Å². The van der Waals surface area contributed by atoms with E-state index in [0.29, 0.717) is 35.6 Å². The number of hydrogen-bond donors (Lipinski definition) is 1. The number of nitrogens with one attached hydrogen (secondary N) is 1. The smallest absolute Gasteiger partial charge is 0.258 e. The Hall–Kier alpha value is -3.28. The average molecular weight is 365 g/mol. The number of likely N-dealkylation sites (tertiary alicyclic amines) is 1. The van der Waals surface area contributed by atoms with Gasteiger partial charge in [-0.15, -0.1) is 0 Å². The van der Waals surface area contributed by atoms with Crippen LogP contribution in [0.4, 0.5) is 20.3 Å². The van der Waals surface area contributed by atoms with Crippen molar-refractivity contribution in [3.05, 3.63) is 89.6 Å². The predicted molar refractivity (Wildman–Crippen MR) is 98.7 cm³/mol. The average Bonchev–Trinajstić information content (AvgIpc) is 2.63. The van der Waals surface area contributed by atoms with Crippen molar-refractivity contribution in [1.29, 1.82) is 0 Å². The van der Waals surface area contributed by atoms with E-state index in [-0.39, 0.29) is 23.6 Å². The van der Waals surface area contributed by atoms with E-state index in [2.05, 4.69) is 10.3 Å². The molecule has 1 aromatic heterocycles. The molecule has 6 heteroatoms. The molecule has 2 aromatic carbocycles. The summed E-state index contributed by atoms with van der Waals surface area (Å²) in [4.78, 5) is 18.9. The van der Waals surface area contributed by atoms with Gasteiger partial charge < -0.3 is 10.2 Å². The first kappa shape index (κ1) is 17.1. The highest BCUT2D eigenvalue weighted by Gasteiger charge is 2.36. The van der Waals surface area contributed by atoms with E-state index in [9.17, 15) is 13.6 Å². The van der Waals surface area contributed by atoms with Gasteiger partial charge in [-0.3, -0.25) is 4.79 Å². The number of amides is 1. The fourth-order valence-electron chi connectivity index (χ4n) is 3.23. The van der Waals surface area contributed by atoms with E-state index in [4.69, 9.17) is 0 Å². The number of hydrogen-bond acceptors (Lipinski definition) is 3. The molecule has 1 amide bonds. The van der Waals surface area contributed by atoms with Crippen molar-refractivity contribution in [2.45, 2.75) is 12.5 Å². The van der Waals surface area contributed by atoms with Crippen LogP contribution in [-0.2, 0) is 0 Å². The van der Waals surface area contributed by atoms with Crippen LogP contribution in [0, 0.1) is 11.6 Å². The summed E-state index contributed by atoms with van der Waals surface area (Å²) in [6, 6.07) is 15.5. The maximum Gasteiger partial charge on any atom is 0.258 e. The third-order valence-electron chi connectivity index (χ3n) is 4.67. The highest BCUT2D eigenvalue weighted by atomic mass is 19.1. The predicted octanol–water partition coefficient (Wildman–Crippen LogP) is 4.69. The Balaban J connectivity index is 1.60. The Labute approximate surface area is 155 Å². The number of carbonyl (C=O) groups is 1. The van der Waals surface area contributed by atoms with Gasteiger partial charge in [0.15, 0.2) is 0 Å². The minimum absolute atomic E-state index is 0.235. The van der Waals surface area contributed by atoms with Gasteiger partial charge in [-0.2, -0.15) is 0 Å². The lowest BCUT2D eigenvalue weighted by molar-refractivity contribution is 0.0454. The fourth-order valence-corrected chi connectivity index (χ4v) is 3.23. The zero-order valence-corrected chi connectivity index (χ0v) is 14.4. The summed E-state index contributed by atoms with van der Waals surface area (Å²) < 4.78 is 27.5. The van der Waals surface area contributed by atoms with Crippen LogP contribution in [0.1, 0.15) is 28.4 Å². The summed E-state index contributed by atoms with van der Waals surface area (Å²) in [7, 11) is 0. The Bertz CT molecular complexity index is 992. The lowest BCUT2D eigenvalue weighted by Gasteiger charge is -2.41. The maximum absolute atomic E-state index is 14.1. The van der Waals surface area contributed by atoms with Gasteiger partial charge in [-0.05, 0) is 42.8 Å². The van der Waals surface area contributed by atoms with E-state index >= 15 is 0 Å². The second kappa shape index (κ2) is 7.15. The normalized spacial score (nSPS) is 15.9. The molecule has 4 rings (SSSR count). The van der Waals surface area contributed by atoms with Gasteiger partial charge in [0.1, 0.15) is 17.5 Å². The van der Waals surface area contributed by atoms with E-state index in [1.165, 1.54) is 18.2 Å². The first-order valence-corrected chi connectivity index (χ1v) is 8.66. The van der Waals surface area contributed by atoms with Crippen LogP contribution in [0.3, 0.4) is 0 Å². The SMILES string of the molecule is O=C(c1cccnc1Nc1cccc(F)c1)N1CC[C@H]1c1ccccc1F. The number of halogens is 2. The Morgan fingerprint density at radius 2 is 1.93 bits per heavy atom. The molecule has 1 N–H and O–H groups in total. The molecule has 1 aliphatic heterocycles. The molecule has 1 saturated heterocycles. The van der Waals surface area contributed by atoms with Crippen molar-refractivity contribution in [3.8, 4) is 0 Å². The van der Waals surface area contributed by atoms with Crippen LogP contribution >= 0.6 is 0 Å². The number of anilines is 2. The molecule has 3 aromatic rings. The molecule has 0 saturated carbocycles. The maximum atomic E-state index is 14.1. The van der Waals surface area contributed by atoms with E-state index < -0.39 is 0 Å². The van der Waals surface area contributed by atoms with Crippen LogP contribution in [0.15, 0.2) is 66.9 Å². The third-order valence-corrected chi connectivity index (χ3v) is 4.67. The van der Waals surface area contributed by atoms with Crippen molar-refractivity contribution < 1.29 is 13.6 Å². The van der Waals surface area contributed by atoms with Gasteiger partial charge in [-0.1, -0.05) is 24.3 Å². The monoisotopic (exact) mass is 365 g/mol.